The van der Waals surface area contributed by atoms with Gasteiger partial charge in [0.15, 0.2) is 0 Å². The van der Waals surface area contributed by atoms with Crippen molar-refractivity contribution in [3.8, 4) is 6.07 Å². The zero-order valence-electron chi connectivity index (χ0n) is 17.9. The predicted octanol–water partition coefficient (Wildman–Crippen LogP) is 2.22. The molecule has 1 aliphatic rings. The topological polar surface area (TPSA) is 103 Å². The average Bonchev–Trinajstić information content (AvgIpc) is 2.84. The smallest absolute Gasteiger partial charge is 0.317 e. The molecule has 1 fully saturated rings. The lowest BCUT2D eigenvalue weighted by molar-refractivity contribution is 0.133. The molecule has 2 aromatic carbocycles. The second kappa shape index (κ2) is 11.6. The summed E-state index contributed by atoms with van der Waals surface area (Å²) < 4.78 is 32.5. The molecule has 32 heavy (non-hydrogen) atoms. The molecule has 0 saturated carbocycles. The number of amides is 2. The summed E-state index contributed by atoms with van der Waals surface area (Å²) in [5, 5.41) is 11.7. The minimum absolute atomic E-state index is 0.154. The van der Waals surface area contributed by atoms with Gasteiger partial charge in [-0.2, -0.15) is 9.57 Å². The van der Waals surface area contributed by atoms with E-state index in [2.05, 4.69) is 17.4 Å². The summed E-state index contributed by atoms with van der Waals surface area (Å²) in [4.78, 5) is 14.1. The largest absolute Gasteiger partial charge is 0.381 e. The molecule has 0 radical (unpaired) electrons. The Bertz CT molecular complexity index is 1010. The molecule has 1 aliphatic heterocycles. The Kier molecular flexibility index (Phi) is 8.62. The first-order valence-electron chi connectivity index (χ1n) is 10.7. The van der Waals surface area contributed by atoms with Crippen LogP contribution >= 0.6 is 0 Å². The Morgan fingerprint density at radius 3 is 2.34 bits per heavy atom. The van der Waals surface area contributed by atoms with Crippen molar-refractivity contribution in [3.63, 3.8) is 0 Å². The Labute approximate surface area is 189 Å². The molecular weight excluding hydrogens is 428 g/mol. The van der Waals surface area contributed by atoms with Crippen molar-refractivity contribution in [2.45, 2.75) is 17.7 Å². The average molecular weight is 457 g/mol. The number of nitrogens with one attached hydrogen (secondary N) is 1. The summed E-state index contributed by atoms with van der Waals surface area (Å²) in [6, 6.07) is 17.8. The maximum atomic E-state index is 12.8. The van der Waals surface area contributed by atoms with Gasteiger partial charge in [-0.05, 0) is 42.7 Å². The van der Waals surface area contributed by atoms with Crippen LogP contribution in [0.15, 0.2) is 59.5 Å². The van der Waals surface area contributed by atoms with Gasteiger partial charge in [0.05, 0.1) is 23.1 Å². The van der Waals surface area contributed by atoms with E-state index in [4.69, 9.17) is 10.00 Å². The first-order chi connectivity index (χ1) is 15.5. The lowest BCUT2D eigenvalue weighted by Gasteiger charge is -2.34. The SMILES string of the molecule is N#Cc1ccc(S(=O)(=O)N2CCN(C(=O)NCCCOCCc3ccccc3)CC2)cc1. The number of piperazine rings is 1. The van der Waals surface area contributed by atoms with Crippen LogP contribution in [0.2, 0.25) is 0 Å². The van der Waals surface area contributed by atoms with Crippen molar-refractivity contribution in [2.75, 3.05) is 45.9 Å². The molecule has 9 heteroatoms. The molecule has 0 aromatic heterocycles. The van der Waals surface area contributed by atoms with Gasteiger partial charge < -0.3 is 15.0 Å². The number of hydrogen-bond donors (Lipinski definition) is 1. The van der Waals surface area contributed by atoms with Crippen LogP contribution in [0.5, 0.6) is 0 Å². The van der Waals surface area contributed by atoms with Crippen LogP contribution < -0.4 is 5.32 Å². The number of nitriles is 1. The maximum absolute atomic E-state index is 12.8. The molecule has 2 amide bonds. The number of carbonyl (C=O) groups excluding carboxylic acids is 1. The number of benzene rings is 2. The minimum atomic E-state index is -3.64. The van der Waals surface area contributed by atoms with E-state index in [1.54, 1.807) is 4.90 Å². The summed E-state index contributed by atoms with van der Waals surface area (Å²) in [6.45, 7) is 2.85. The highest BCUT2D eigenvalue weighted by atomic mass is 32.2. The molecule has 0 unspecified atom stereocenters. The fourth-order valence-electron chi connectivity index (χ4n) is 3.40. The van der Waals surface area contributed by atoms with Gasteiger partial charge in [0.25, 0.3) is 0 Å². The number of hydrogen-bond acceptors (Lipinski definition) is 5. The number of ether oxygens (including phenoxy) is 1. The van der Waals surface area contributed by atoms with E-state index in [1.807, 2.05) is 24.3 Å². The van der Waals surface area contributed by atoms with Gasteiger partial charge in [-0.1, -0.05) is 30.3 Å². The van der Waals surface area contributed by atoms with E-state index >= 15 is 0 Å². The highest BCUT2D eigenvalue weighted by Crippen LogP contribution is 2.18. The fraction of sp³-hybridized carbons (Fsp3) is 0.391. The quantitative estimate of drug-likeness (QED) is 0.583. The van der Waals surface area contributed by atoms with Gasteiger partial charge in [-0.3, -0.25) is 0 Å². The van der Waals surface area contributed by atoms with Gasteiger partial charge in [0.2, 0.25) is 10.0 Å². The van der Waals surface area contributed by atoms with Gasteiger partial charge in [-0.15, -0.1) is 0 Å². The highest BCUT2D eigenvalue weighted by Gasteiger charge is 2.30. The van der Waals surface area contributed by atoms with Crippen LogP contribution in [0.1, 0.15) is 17.5 Å². The van der Waals surface area contributed by atoms with Crippen LogP contribution in [-0.4, -0.2) is 69.6 Å². The van der Waals surface area contributed by atoms with Crippen molar-refractivity contribution in [1.82, 2.24) is 14.5 Å². The number of sulfonamides is 1. The summed E-state index contributed by atoms with van der Waals surface area (Å²) in [5.74, 6) is 0. The van der Waals surface area contributed by atoms with Crippen molar-refractivity contribution < 1.29 is 17.9 Å². The first kappa shape index (κ1) is 23.7. The van der Waals surface area contributed by atoms with Crippen LogP contribution in [0.3, 0.4) is 0 Å². The van der Waals surface area contributed by atoms with Crippen molar-refractivity contribution in [3.05, 3.63) is 65.7 Å². The molecular formula is C23H28N4O4S. The summed E-state index contributed by atoms with van der Waals surface area (Å²) >= 11 is 0. The number of urea groups is 1. The Morgan fingerprint density at radius 1 is 1.00 bits per heavy atom. The first-order valence-corrected chi connectivity index (χ1v) is 12.1. The predicted molar refractivity (Wildman–Crippen MR) is 120 cm³/mol. The summed E-state index contributed by atoms with van der Waals surface area (Å²) in [5.41, 5.74) is 1.65. The van der Waals surface area contributed by atoms with Gasteiger partial charge >= 0.3 is 6.03 Å². The summed E-state index contributed by atoms with van der Waals surface area (Å²) in [6.07, 6.45) is 1.58. The number of nitrogens with zero attached hydrogens (tertiary/aromatic N) is 3. The van der Waals surface area contributed by atoms with Gasteiger partial charge in [0, 0.05) is 39.3 Å². The number of rotatable bonds is 9. The second-order valence-electron chi connectivity index (χ2n) is 7.46. The van der Waals surface area contributed by atoms with Gasteiger partial charge in [-0.25, -0.2) is 13.2 Å². The molecule has 1 N–H and O–H groups in total. The zero-order valence-corrected chi connectivity index (χ0v) is 18.8. The van der Waals surface area contributed by atoms with Crippen LogP contribution in [0, 0.1) is 11.3 Å². The zero-order chi connectivity index (χ0) is 22.8. The molecule has 2 aromatic rings. The third-order valence-corrected chi connectivity index (χ3v) is 7.18. The fourth-order valence-corrected chi connectivity index (χ4v) is 4.82. The third-order valence-electron chi connectivity index (χ3n) is 5.27. The molecule has 1 heterocycles. The maximum Gasteiger partial charge on any atom is 0.317 e. The summed E-state index contributed by atoms with van der Waals surface area (Å²) in [7, 11) is -3.64. The molecule has 3 rings (SSSR count). The Morgan fingerprint density at radius 2 is 1.69 bits per heavy atom. The van der Waals surface area contributed by atoms with Crippen molar-refractivity contribution >= 4 is 16.1 Å². The van der Waals surface area contributed by atoms with E-state index in [1.165, 1.54) is 34.1 Å². The molecule has 170 valence electrons. The lowest BCUT2D eigenvalue weighted by atomic mass is 10.2. The van der Waals surface area contributed by atoms with Crippen LogP contribution in [0.4, 0.5) is 4.79 Å². The third kappa shape index (κ3) is 6.53. The van der Waals surface area contributed by atoms with Crippen molar-refractivity contribution in [1.29, 1.82) is 5.26 Å². The van der Waals surface area contributed by atoms with E-state index in [9.17, 15) is 13.2 Å². The standard InChI is InChI=1S/C23H28N4O4S/c24-19-21-7-9-22(10-8-21)32(29,30)27-15-13-26(14-16-27)23(28)25-12-4-17-31-18-11-20-5-2-1-3-6-20/h1-3,5-10H,4,11-18H2,(H,25,28). The molecule has 0 bridgehead atoms. The van der Waals surface area contributed by atoms with Crippen molar-refractivity contribution in [2.24, 2.45) is 0 Å². The Hall–Kier alpha value is -2.93. The van der Waals surface area contributed by atoms with Crippen LogP contribution in [-0.2, 0) is 21.2 Å². The van der Waals surface area contributed by atoms with E-state index in [0.717, 1.165) is 6.42 Å². The molecule has 0 spiro atoms. The molecule has 0 atom stereocenters. The lowest BCUT2D eigenvalue weighted by Crippen LogP contribution is -2.53. The Balaban J connectivity index is 1.33. The van der Waals surface area contributed by atoms with E-state index in [0.29, 0.717) is 44.8 Å². The highest BCUT2D eigenvalue weighted by molar-refractivity contribution is 7.89. The molecule has 0 aliphatic carbocycles. The van der Waals surface area contributed by atoms with Crippen LogP contribution in [0.25, 0.3) is 0 Å². The minimum Gasteiger partial charge on any atom is -0.381 e. The van der Waals surface area contributed by atoms with E-state index in [-0.39, 0.29) is 24.0 Å². The monoisotopic (exact) mass is 456 g/mol. The molecule has 1 saturated heterocycles. The molecule has 8 nitrogen and oxygen atoms in total. The second-order valence-corrected chi connectivity index (χ2v) is 9.40. The van der Waals surface area contributed by atoms with Gasteiger partial charge in [0.1, 0.15) is 0 Å². The number of carbonyl (C=O) groups is 1. The van der Waals surface area contributed by atoms with E-state index < -0.39 is 10.0 Å². The normalized spacial score (nSPS) is 14.7.